The second-order valence-electron chi connectivity index (χ2n) is 7.69. The third-order valence-corrected chi connectivity index (χ3v) is 7.55. The molecule has 1 aromatic heterocycles. The fraction of sp³-hybridized carbons (Fsp3) is 0.474. The minimum absolute atomic E-state index is 0.176. The minimum Gasteiger partial charge on any atom is -0.406 e. The van der Waals surface area contributed by atoms with E-state index in [1.54, 1.807) is 0 Å². The number of aromatic nitrogens is 2. The quantitative estimate of drug-likeness (QED) is 0.602. The van der Waals surface area contributed by atoms with E-state index in [1.165, 1.54) is 0 Å². The number of alkyl halides is 7. The number of aryl methyl sites for hydroxylation is 1. The third-order valence-electron chi connectivity index (χ3n) is 5.30. The van der Waals surface area contributed by atoms with Gasteiger partial charge in [0, 0.05) is 19.2 Å². The van der Waals surface area contributed by atoms with E-state index < -0.39 is 74.2 Å². The monoisotopic (exact) mass is 517 g/mol. The van der Waals surface area contributed by atoms with Gasteiger partial charge in [-0.1, -0.05) is 6.07 Å². The Kier molecular flexibility index (Phi) is 6.63. The van der Waals surface area contributed by atoms with Gasteiger partial charge in [-0.2, -0.15) is 18.3 Å². The standard InChI is InChI=1S/C19H18F7N3O4S/c1-29-14(10-15(28-29)18(21,22)23)16(30)27-11-5-7-17(20,8-6-11)34(31,32)13-4-2-3-12(9-13)33-19(24,25)26/h2-4,9-11H,5-8H2,1H3,(H,27,30). The van der Waals surface area contributed by atoms with Crippen molar-refractivity contribution in [1.29, 1.82) is 0 Å². The number of benzene rings is 1. The van der Waals surface area contributed by atoms with Crippen LogP contribution in [0.15, 0.2) is 35.2 Å². The van der Waals surface area contributed by atoms with Gasteiger partial charge in [-0.25, -0.2) is 12.8 Å². The topological polar surface area (TPSA) is 90.3 Å². The van der Waals surface area contributed by atoms with Gasteiger partial charge in [0.1, 0.15) is 11.4 Å². The van der Waals surface area contributed by atoms with Crippen LogP contribution in [0.1, 0.15) is 41.9 Å². The highest BCUT2D eigenvalue weighted by molar-refractivity contribution is 7.92. The summed E-state index contributed by atoms with van der Waals surface area (Å²) < 4.78 is 121. The van der Waals surface area contributed by atoms with Gasteiger partial charge >= 0.3 is 12.5 Å². The van der Waals surface area contributed by atoms with Crippen LogP contribution in [0.3, 0.4) is 0 Å². The van der Waals surface area contributed by atoms with E-state index in [4.69, 9.17) is 0 Å². The molecule has 1 N–H and O–H groups in total. The van der Waals surface area contributed by atoms with Gasteiger partial charge in [0.2, 0.25) is 14.8 Å². The van der Waals surface area contributed by atoms with E-state index in [1.807, 2.05) is 0 Å². The molecule has 15 heteroatoms. The molecule has 1 aliphatic rings. The Morgan fingerprint density at radius 3 is 2.29 bits per heavy atom. The van der Waals surface area contributed by atoms with Crippen LogP contribution in [0, 0.1) is 0 Å². The Hall–Kier alpha value is -2.84. The van der Waals surface area contributed by atoms with Crippen LogP contribution in [-0.2, 0) is 23.1 Å². The van der Waals surface area contributed by atoms with E-state index in [-0.39, 0.29) is 12.8 Å². The third kappa shape index (κ3) is 5.45. The number of amides is 1. The number of carbonyl (C=O) groups is 1. The smallest absolute Gasteiger partial charge is 0.406 e. The second kappa shape index (κ2) is 8.74. The first-order valence-electron chi connectivity index (χ1n) is 9.73. The van der Waals surface area contributed by atoms with Crippen molar-refractivity contribution >= 4 is 15.7 Å². The maximum absolute atomic E-state index is 15.4. The van der Waals surface area contributed by atoms with Gasteiger partial charge in [-0.3, -0.25) is 9.48 Å². The summed E-state index contributed by atoms with van der Waals surface area (Å²) >= 11 is 0. The molecule has 1 aliphatic carbocycles. The van der Waals surface area contributed by atoms with Gasteiger partial charge in [0.15, 0.2) is 5.69 Å². The average molecular weight is 517 g/mol. The molecule has 0 unspecified atom stereocenters. The lowest BCUT2D eigenvalue weighted by Crippen LogP contribution is -2.45. The zero-order chi connectivity index (χ0) is 25.5. The number of halogens is 7. The number of carbonyl (C=O) groups excluding carboxylic acids is 1. The van der Waals surface area contributed by atoms with Crippen molar-refractivity contribution < 1.29 is 48.7 Å². The molecule has 188 valence electrons. The summed E-state index contributed by atoms with van der Waals surface area (Å²) in [7, 11) is -3.59. The van der Waals surface area contributed by atoms with Crippen molar-refractivity contribution in [2.45, 2.75) is 54.2 Å². The number of sulfone groups is 1. The molecule has 3 rings (SSSR count). The predicted molar refractivity (Wildman–Crippen MR) is 102 cm³/mol. The Bertz CT molecular complexity index is 1170. The number of hydrogen-bond acceptors (Lipinski definition) is 5. The fourth-order valence-electron chi connectivity index (χ4n) is 3.59. The van der Waals surface area contributed by atoms with Crippen LogP contribution in [0.25, 0.3) is 0 Å². The Morgan fingerprint density at radius 1 is 1.15 bits per heavy atom. The molecule has 1 fully saturated rings. The molecule has 34 heavy (non-hydrogen) atoms. The van der Waals surface area contributed by atoms with E-state index in [2.05, 4.69) is 15.2 Å². The first-order chi connectivity index (χ1) is 15.5. The van der Waals surface area contributed by atoms with Crippen LogP contribution in [-0.4, -0.2) is 41.5 Å². The molecule has 0 spiro atoms. The molecule has 2 aromatic rings. The zero-order valence-corrected chi connectivity index (χ0v) is 18.2. The maximum atomic E-state index is 15.4. The lowest BCUT2D eigenvalue weighted by atomic mass is 9.93. The van der Waals surface area contributed by atoms with E-state index in [9.17, 15) is 39.6 Å². The first-order valence-corrected chi connectivity index (χ1v) is 11.2. The number of ether oxygens (including phenoxy) is 1. The highest BCUT2D eigenvalue weighted by atomic mass is 32.2. The summed E-state index contributed by atoms with van der Waals surface area (Å²) in [6, 6.07) is 3.17. The first kappa shape index (κ1) is 25.8. The largest absolute Gasteiger partial charge is 0.573 e. The van der Waals surface area contributed by atoms with E-state index >= 15 is 4.39 Å². The number of nitrogens with zero attached hydrogens (tertiary/aromatic N) is 2. The van der Waals surface area contributed by atoms with E-state index in [0.29, 0.717) is 12.1 Å². The van der Waals surface area contributed by atoms with Gasteiger partial charge in [-0.15, -0.1) is 13.2 Å². The minimum atomic E-state index is -5.07. The summed E-state index contributed by atoms with van der Waals surface area (Å²) in [5.74, 6) is -1.73. The summed E-state index contributed by atoms with van der Waals surface area (Å²) in [6.07, 6.45) is -11.4. The summed E-state index contributed by atoms with van der Waals surface area (Å²) in [5, 5.41) is 2.84. The fourth-order valence-corrected chi connectivity index (χ4v) is 5.31. The predicted octanol–water partition coefficient (Wildman–Crippen LogP) is 4.15. The zero-order valence-electron chi connectivity index (χ0n) is 17.4. The maximum Gasteiger partial charge on any atom is 0.573 e. The van der Waals surface area contributed by atoms with Crippen LogP contribution in [0.5, 0.6) is 5.75 Å². The number of hydrogen-bond donors (Lipinski definition) is 1. The highest BCUT2D eigenvalue weighted by Crippen LogP contribution is 2.41. The second-order valence-corrected chi connectivity index (χ2v) is 9.90. The Balaban J connectivity index is 1.69. The molecule has 0 radical (unpaired) electrons. The molecule has 1 amide bonds. The molecule has 0 bridgehead atoms. The summed E-state index contributed by atoms with van der Waals surface area (Å²) in [6.45, 7) is 0. The highest BCUT2D eigenvalue weighted by Gasteiger charge is 2.48. The van der Waals surface area contributed by atoms with Crippen molar-refractivity contribution in [1.82, 2.24) is 15.1 Å². The van der Waals surface area contributed by atoms with Gasteiger partial charge in [0.25, 0.3) is 5.91 Å². The van der Waals surface area contributed by atoms with Crippen molar-refractivity contribution in [3.8, 4) is 5.75 Å². The lowest BCUT2D eigenvalue weighted by Gasteiger charge is -2.33. The molecule has 0 saturated heterocycles. The van der Waals surface area contributed by atoms with Gasteiger partial charge < -0.3 is 10.1 Å². The number of nitrogens with one attached hydrogen (secondary N) is 1. The molecular weight excluding hydrogens is 499 g/mol. The van der Waals surface area contributed by atoms with Crippen LogP contribution in [0.4, 0.5) is 30.7 Å². The molecule has 0 aliphatic heterocycles. The van der Waals surface area contributed by atoms with Crippen molar-refractivity contribution in [3.63, 3.8) is 0 Å². The molecular formula is C19H18F7N3O4S. The Labute approximate surface area is 188 Å². The number of rotatable bonds is 5. The van der Waals surface area contributed by atoms with Crippen LogP contribution in [0.2, 0.25) is 0 Å². The summed E-state index contributed by atoms with van der Waals surface area (Å²) in [5.41, 5.74) is -1.66. The van der Waals surface area contributed by atoms with Crippen molar-refractivity contribution in [2.75, 3.05) is 0 Å². The van der Waals surface area contributed by atoms with Gasteiger partial charge in [-0.05, 0) is 43.9 Å². The van der Waals surface area contributed by atoms with Crippen molar-refractivity contribution in [2.24, 2.45) is 7.05 Å². The van der Waals surface area contributed by atoms with Gasteiger partial charge in [0.05, 0.1) is 4.90 Å². The van der Waals surface area contributed by atoms with E-state index in [0.717, 1.165) is 29.9 Å². The lowest BCUT2D eigenvalue weighted by molar-refractivity contribution is -0.274. The molecule has 7 nitrogen and oxygen atoms in total. The van der Waals surface area contributed by atoms with Crippen molar-refractivity contribution in [3.05, 3.63) is 41.7 Å². The normalized spacial score (nSPS) is 21.8. The summed E-state index contributed by atoms with van der Waals surface area (Å²) in [4.78, 5) is 11.6. The molecule has 1 heterocycles. The van der Waals surface area contributed by atoms with Crippen LogP contribution >= 0.6 is 0 Å². The molecule has 0 atom stereocenters. The Morgan fingerprint density at radius 2 is 1.76 bits per heavy atom. The molecule has 1 saturated carbocycles. The SMILES string of the molecule is Cn1nc(C(F)(F)F)cc1C(=O)NC1CCC(F)(S(=O)(=O)c2cccc(OC(F)(F)F)c2)CC1. The van der Waals surface area contributed by atoms with Crippen LogP contribution < -0.4 is 10.1 Å². The average Bonchev–Trinajstić information content (AvgIpc) is 3.11. The molecule has 1 aromatic carbocycles.